The summed E-state index contributed by atoms with van der Waals surface area (Å²) in [4.78, 5) is 19.1. The highest BCUT2D eigenvalue weighted by molar-refractivity contribution is 5.84. The number of hydrogen-bond donors (Lipinski definition) is 0. The minimum Gasteiger partial charge on any atom is -0.311 e. The molecule has 0 aliphatic rings. The predicted octanol–water partition coefficient (Wildman–Crippen LogP) is 3.23. The van der Waals surface area contributed by atoms with Crippen LogP contribution < -0.4 is 0 Å². The van der Waals surface area contributed by atoms with Gasteiger partial charge in [0, 0.05) is 25.4 Å². The van der Waals surface area contributed by atoms with E-state index in [2.05, 4.69) is 9.98 Å². The van der Waals surface area contributed by atoms with Gasteiger partial charge in [-0.25, -0.2) is 9.98 Å². The van der Waals surface area contributed by atoms with Crippen LogP contribution in [0.3, 0.4) is 0 Å². The van der Waals surface area contributed by atoms with Crippen molar-refractivity contribution in [1.29, 1.82) is 0 Å². The SMILES string of the molecule is Cn1c(/N=C/c2cccc([N+](=O)[O-])c2)nc2ccccc21. The van der Waals surface area contributed by atoms with E-state index < -0.39 is 4.92 Å². The van der Waals surface area contributed by atoms with Gasteiger partial charge in [0.2, 0.25) is 5.95 Å². The topological polar surface area (TPSA) is 73.3 Å². The maximum atomic E-state index is 10.7. The summed E-state index contributed by atoms with van der Waals surface area (Å²) in [6.45, 7) is 0. The molecule has 0 N–H and O–H groups in total. The van der Waals surface area contributed by atoms with Crippen LogP contribution >= 0.6 is 0 Å². The Kier molecular flexibility index (Phi) is 3.19. The highest BCUT2D eigenvalue weighted by atomic mass is 16.6. The molecule has 1 aromatic heterocycles. The monoisotopic (exact) mass is 280 g/mol. The Labute approximate surface area is 120 Å². The molecular weight excluding hydrogens is 268 g/mol. The summed E-state index contributed by atoms with van der Waals surface area (Å²) in [5.74, 6) is 0.558. The highest BCUT2D eigenvalue weighted by Crippen LogP contribution is 2.20. The van der Waals surface area contributed by atoms with Gasteiger partial charge in [-0.05, 0) is 17.7 Å². The van der Waals surface area contributed by atoms with Crippen LogP contribution in [0.25, 0.3) is 11.0 Å². The van der Waals surface area contributed by atoms with E-state index in [0.717, 1.165) is 11.0 Å². The molecule has 0 unspecified atom stereocenters. The summed E-state index contributed by atoms with van der Waals surface area (Å²) >= 11 is 0. The average molecular weight is 280 g/mol. The van der Waals surface area contributed by atoms with Gasteiger partial charge < -0.3 is 4.57 Å². The number of aromatic nitrogens is 2. The molecule has 1 heterocycles. The largest absolute Gasteiger partial charge is 0.311 e. The molecule has 0 fully saturated rings. The zero-order valence-electron chi connectivity index (χ0n) is 11.3. The first kappa shape index (κ1) is 13.0. The van der Waals surface area contributed by atoms with Gasteiger partial charge in [-0.1, -0.05) is 24.3 Å². The summed E-state index contributed by atoms with van der Waals surface area (Å²) in [7, 11) is 1.88. The van der Waals surface area contributed by atoms with Crippen LogP contribution in [0.1, 0.15) is 5.56 Å². The fourth-order valence-corrected chi connectivity index (χ4v) is 2.10. The van der Waals surface area contributed by atoms with Gasteiger partial charge in [-0.2, -0.15) is 0 Å². The Morgan fingerprint density at radius 3 is 2.81 bits per heavy atom. The number of nitro groups is 1. The number of non-ortho nitro benzene ring substituents is 1. The Morgan fingerprint density at radius 2 is 2.05 bits per heavy atom. The van der Waals surface area contributed by atoms with Crippen LogP contribution in [0.5, 0.6) is 0 Å². The summed E-state index contributed by atoms with van der Waals surface area (Å²) in [6, 6.07) is 14.1. The lowest BCUT2D eigenvalue weighted by Crippen LogP contribution is -1.90. The molecule has 3 rings (SSSR count). The number of aliphatic imine (C=N–C) groups is 1. The molecule has 0 atom stereocenters. The molecule has 0 saturated carbocycles. The number of rotatable bonds is 3. The Bertz CT molecular complexity index is 852. The first-order chi connectivity index (χ1) is 10.1. The fraction of sp³-hybridized carbons (Fsp3) is 0.0667. The molecule has 6 heteroatoms. The van der Waals surface area contributed by atoms with Gasteiger partial charge in [0.1, 0.15) is 0 Å². The fourth-order valence-electron chi connectivity index (χ4n) is 2.10. The van der Waals surface area contributed by atoms with Gasteiger partial charge in [0.25, 0.3) is 5.69 Å². The maximum absolute atomic E-state index is 10.7. The molecule has 0 spiro atoms. The van der Waals surface area contributed by atoms with Crippen molar-refractivity contribution in [3.05, 3.63) is 64.2 Å². The van der Waals surface area contributed by atoms with Gasteiger partial charge in [-0.15, -0.1) is 0 Å². The third-order valence-corrected chi connectivity index (χ3v) is 3.17. The van der Waals surface area contributed by atoms with Crippen LogP contribution in [0.2, 0.25) is 0 Å². The van der Waals surface area contributed by atoms with Crippen molar-refractivity contribution in [1.82, 2.24) is 9.55 Å². The van der Waals surface area contributed by atoms with Crippen molar-refractivity contribution in [3.8, 4) is 0 Å². The Hall–Kier alpha value is -3.02. The second-order valence-corrected chi connectivity index (χ2v) is 4.57. The number of fused-ring (bicyclic) bond motifs is 1. The number of nitro benzene ring substituents is 1. The van der Waals surface area contributed by atoms with E-state index in [1.807, 2.05) is 35.9 Å². The zero-order valence-corrected chi connectivity index (χ0v) is 11.3. The Balaban J connectivity index is 1.96. The van der Waals surface area contributed by atoms with E-state index in [-0.39, 0.29) is 5.69 Å². The van der Waals surface area contributed by atoms with E-state index in [9.17, 15) is 10.1 Å². The van der Waals surface area contributed by atoms with Crippen molar-refractivity contribution >= 4 is 28.9 Å². The lowest BCUT2D eigenvalue weighted by atomic mass is 10.2. The van der Waals surface area contributed by atoms with Crippen LogP contribution in [-0.4, -0.2) is 20.7 Å². The quantitative estimate of drug-likeness (QED) is 0.420. The molecule has 0 radical (unpaired) electrons. The van der Waals surface area contributed by atoms with Gasteiger partial charge in [0.05, 0.1) is 16.0 Å². The van der Waals surface area contributed by atoms with Crippen molar-refractivity contribution in [2.24, 2.45) is 12.0 Å². The number of benzene rings is 2. The van der Waals surface area contributed by atoms with Crippen molar-refractivity contribution in [3.63, 3.8) is 0 Å². The van der Waals surface area contributed by atoms with Crippen molar-refractivity contribution in [2.45, 2.75) is 0 Å². The first-order valence-corrected chi connectivity index (χ1v) is 6.35. The third kappa shape index (κ3) is 2.51. The highest BCUT2D eigenvalue weighted by Gasteiger charge is 2.06. The number of imidazole rings is 1. The summed E-state index contributed by atoms with van der Waals surface area (Å²) < 4.78 is 1.88. The van der Waals surface area contributed by atoms with E-state index in [0.29, 0.717) is 11.5 Å². The van der Waals surface area contributed by atoms with Crippen LogP contribution in [0, 0.1) is 10.1 Å². The number of hydrogen-bond acceptors (Lipinski definition) is 4. The predicted molar refractivity (Wildman–Crippen MR) is 81.1 cm³/mol. The lowest BCUT2D eigenvalue weighted by Gasteiger charge is -1.96. The van der Waals surface area contributed by atoms with Crippen molar-refractivity contribution < 1.29 is 4.92 Å². The normalized spacial score (nSPS) is 11.3. The second-order valence-electron chi connectivity index (χ2n) is 4.57. The molecule has 0 saturated heterocycles. The van der Waals surface area contributed by atoms with E-state index in [4.69, 9.17) is 0 Å². The molecule has 0 aliphatic heterocycles. The van der Waals surface area contributed by atoms with Gasteiger partial charge in [0.15, 0.2) is 0 Å². The molecule has 6 nitrogen and oxygen atoms in total. The smallest absolute Gasteiger partial charge is 0.270 e. The summed E-state index contributed by atoms with van der Waals surface area (Å²) in [5.41, 5.74) is 2.56. The average Bonchev–Trinajstić information content (AvgIpc) is 2.82. The maximum Gasteiger partial charge on any atom is 0.270 e. The Morgan fingerprint density at radius 1 is 1.24 bits per heavy atom. The van der Waals surface area contributed by atoms with Crippen LogP contribution in [0.15, 0.2) is 53.5 Å². The first-order valence-electron chi connectivity index (χ1n) is 6.35. The number of para-hydroxylation sites is 2. The lowest BCUT2D eigenvalue weighted by molar-refractivity contribution is -0.384. The zero-order chi connectivity index (χ0) is 14.8. The standard InChI is InChI=1S/C15H12N4O2/c1-18-14-8-3-2-7-13(14)17-15(18)16-10-11-5-4-6-12(9-11)19(20)21/h2-10H,1H3/b16-10+. The van der Waals surface area contributed by atoms with Gasteiger partial charge >= 0.3 is 0 Å². The molecule has 21 heavy (non-hydrogen) atoms. The van der Waals surface area contributed by atoms with Crippen molar-refractivity contribution in [2.75, 3.05) is 0 Å². The third-order valence-electron chi connectivity index (χ3n) is 3.17. The van der Waals surface area contributed by atoms with Gasteiger partial charge in [-0.3, -0.25) is 10.1 Å². The number of nitrogens with zero attached hydrogens (tertiary/aromatic N) is 4. The van der Waals surface area contributed by atoms with Crippen LogP contribution in [-0.2, 0) is 7.05 Å². The molecular formula is C15H12N4O2. The molecule has 0 amide bonds. The molecule has 104 valence electrons. The molecule has 2 aromatic carbocycles. The minimum absolute atomic E-state index is 0.0453. The van der Waals surface area contributed by atoms with E-state index >= 15 is 0 Å². The summed E-state index contributed by atoms with van der Waals surface area (Å²) in [6.07, 6.45) is 1.58. The molecule has 3 aromatic rings. The second kappa shape index (κ2) is 5.16. The molecule has 0 aliphatic carbocycles. The van der Waals surface area contributed by atoms with E-state index in [1.54, 1.807) is 18.3 Å². The summed E-state index contributed by atoms with van der Waals surface area (Å²) in [5, 5.41) is 10.7. The van der Waals surface area contributed by atoms with Crippen LogP contribution in [0.4, 0.5) is 11.6 Å². The number of aryl methyl sites for hydroxylation is 1. The minimum atomic E-state index is -0.424. The van der Waals surface area contributed by atoms with E-state index in [1.165, 1.54) is 12.1 Å². The molecule has 0 bridgehead atoms.